The van der Waals surface area contributed by atoms with Crippen LogP contribution in [0.4, 0.5) is 4.39 Å². The van der Waals surface area contributed by atoms with E-state index in [2.05, 4.69) is 5.32 Å². The third-order valence-corrected chi connectivity index (χ3v) is 7.38. The average molecular weight is 491 g/mol. The Bertz CT molecular complexity index is 919. The van der Waals surface area contributed by atoms with Crippen molar-refractivity contribution >= 4 is 35.2 Å². The fraction of sp³-hybridized carbons (Fsp3) is 0.462. The van der Waals surface area contributed by atoms with Crippen LogP contribution in [0.5, 0.6) is 0 Å². The summed E-state index contributed by atoms with van der Waals surface area (Å²) < 4.78 is 13.4. The Morgan fingerprint density at radius 2 is 1.82 bits per heavy atom. The van der Waals surface area contributed by atoms with Crippen molar-refractivity contribution in [2.45, 2.75) is 69.8 Å². The van der Waals surface area contributed by atoms with E-state index in [0.717, 1.165) is 36.8 Å². The molecular weight excluding hydrogens is 459 g/mol. The molecule has 0 saturated heterocycles. The smallest absolute Gasteiger partial charge is 0.243 e. The minimum atomic E-state index is -0.564. The molecule has 0 radical (unpaired) electrons. The van der Waals surface area contributed by atoms with E-state index in [0.29, 0.717) is 17.2 Å². The Balaban J connectivity index is 1.70. The van der Waals surface area contributed by atoms with Crippen LogP contribution in [0.25, 0.3) is 0 Å². The van der Waals surface area contributed by atoms with Crippen LogP contribution in [0.3, 0.4) is 0 Å². The van der Waals surface area contributed by atoms with Crippen molar-refractivity contribution in [2.24, 2.45) is 0 Å². The largest absolute Gasteiger partial charge is 0.352 e. The quantitative estimate of drug-likeness (QED) is 0.446. The number of thioether (sulfide) groups is 1. The molecule has 178 valence electrons. The van der Waals surface area contributed by atoms with Gasteiger partial charge in [0.2, 0.25) is 11.8 Å². The van der Waals surface area contributed by atoms with Crippen LogP contribution in [-0.4, -0.2) is 34.6 Å². The van der Waals surface area contributed by atoms with E-state index in [1.807, 2.05) is 31.2 Å². The van der Waals surface area contributed by atoms with Crippen molar-refractivity contribution in [1.82, 2.24) is 10.2 Å². The third-order valence-electron chi connectivity index (χ3n) is 6.04. The monoisotopic (exact) mass is 490 g/mol. The number of halogens is 2. The molecule has 1 fully saturated rings. The van der Waals surface area contributed by atoms with E-state index in [4.69, 9.17) is 11.6 Å². The Morgan fingerprint density at radius 1 is 1.12 bits per heavy atom. The summed E-state index contributed by atoms with van der Waals surface area (Å²) in [5, 5.41) is 3.85. The molecule has 1 N–H and O–H groups in total. The number of hydrogen-bond acceptors (Lipinski definition) is 3. The molecule has 1 saturated carbocycles. The van der Waals surface area contributed by atoms with Gasteiger partial charge < -0.3 is 10.2 Å². The highest BCUT2D eigenvalue weighted by molar-refractivity contribution is 7.99. The first-order valence-electron chi connectivity index (χ1n) is 11.6. The summed E-state index contributed by atoms with van der Waals surface area (Å²) in [7, 11) is 0. The summed E-state index contributed by atoms with van der Waals surface area (Å²) in [5.74, 6) is 0.313. The fourth-order valence-corrected chi connectivity index (χ4v) is 5.39. The first kappa shape index (κ1) is 25.6. The van der Waals surface area contributed by atoms with Gasteiger partial charge in [0, 0.05) is 23.4 Å². The number of carbonyl (C=O) groups is 2. The molecule has 2 amide bonds. The van der Waals surface area contributed by atoms with Gasteiger partial charge in [-0.15, -0.1) is 11.8 Å². The highest BCUT2D eigenvalue weighted by Crippen LogP contribution is 2.23. The van der Waals surface area contributed by atoms with E-state index >= 15 is 0 Å². The van der Waals surface area contributed by atoms with E-state index < -0.39 is 6.04 Å². The Kier molecular flexibility index (Phi) is 10.1. The molecule has 0 unspecified atom stereocenters. The van der Waals surface area contributed by atoms with Gasteiger partial charge in [0.15, 0.2) is 0 Å². The van der Waals surface area contributed by atoms with Crippen molar-refractivity contribution in [3.8, 4) is 0 Å². The van der Waals surface area contributed by atoms with Crippen molar-refractivity contribution in [2.75, 3.05) is 5.75 Å². The average Bonchev–Trinajstić information content (AvgIpc) is 2.82. The zero-order chi connectivity index (χ0) is 23.6. The Hall–Kier alpha value is -2.05. The SMILES string of the molecule is CC[C@@H](C(=O)NC1CCCCC1)N(Cc1ccc(F)cc1)C(=O)CSCc1ccccc1Cl. The van der Waals surface area contributed by atoms with Crippen LogP contribution in [0.15, 0.2) is 48.5 Å². The molecule has 0 aromatic heterocycles. The molecule has 0 bridgehead atoms. The van der Waals surface area contributed by atoms with Crippen LogP contribution in [0.2, 0.25) is 5.02 Å². The first-order chi connectivity index (χ1) is 16.0. The highest BCUT2D eigenvalue weighted by atomic mass is 35.5. The van der Waals surface area contributed by atoms with E-state index in [-0.39, 0.29) is 36.0 Å². The predicted molar refractivity (Wildman–Crippen MR) is 134 cm³/mol. The summed E-state index contributed by atoms with van der Waals surface area (Å²) in [6.07, 6.45) is 5.95. The molecule has 2 aromatic rings. The van der Waals surface area contributed by atoms with Crippen LogP contribution >= 0.6 is 23.4 Å². The lowest BCUT2D eigenvalue weighted by Crippen LogP contribution is -2.52. The number of nitrogens with zero attached hydrogens (tertiary/aromatic N) is 1. The normalized spacial score (nSPS) is 15.1. The lowest BCUT2D eigenvalue weighted by atomic mass is 9.95. The fourth-order valence-electron chi connectivity index (χ4n) is 4.20. The summed E-state index contributed by atoms with van der Waals surface area (Å²) in [4.78, 5) is 28.1. The number of carbonyl (C=O) groups excluding carboxylic acids is 2. The van der Waals surface area contributed by atoms with Gasteiger partial charge in [0.1, 0.15) is 11.9 Å². The maximum absolute atomic E-state index is 13.4. The van der Waals surface area contributed by atoms with Crippen LogP contribution in [-0.2, 0) is 21.9 Å². The van der Waals surface area contributed by atoms with Gasteiger partial charge in [0.05, 0.1) is 5.75 Å². The van der Waals surface area contributed by atoms with E-state index in [1.165, 1.54) is 30.3 Å². The molecule has 1 aliphatic rings. The standard InChI is InChI=1S/C26H32ClFN2O2S/c1-2-24(26(32)29-22-9-4-3-5-10-22)30(16-19-12-14-21(28)15-13-19)25(31)18-33-17-20-8-6-7-11-23(20)27/h6-8,11-15,22,24H,2-5,9-10,16-18H2,1H3,(H,29,32)/t24-/m0/s1. The van der Waals surface area contributed by atoms with Crippen molar-refractivity contribution < 1.29 is 14.0 Å². The summed E-state index contributed by atoms with van der Waals surface area (Å²) in [6.45, 7) is 2.19. The third kappa shape index (κ3) is 7.75. The lowest BCUT2D eigenvalue weighted by Gasteiger charge is -2.32. The molecule has 0 aliphatic heterocycles. The second-order valence-corrected chi connectivity index (χ2v) is 9.89. The second-order valence-electron chi connectivity index (χ2n) is 8.50. The van der Waals surface area contributed by atoms with Crippen LogP contribution < -0.4 is 5.32 Å². The van der Waals surface area contributed by atoms with Gasteiger partial charge in [-0.05, 0) is 48.6 Å². The molecule has 0 heterocycles. The highest BCUT2D eigenvalue weighted by Gasteiger charge is 2.30. The lowest BCUT2D eigenvalue weighted by molar-refractivity contribution is -0.139. The summed E-state index contributed by atoms with van der Waals surface area (Å²) >= 11 is 7.71. The second kappa shape index (κ2) is 13.0. The zero-order valence-corrected chi connectivity index (χ0v) is 20.6. The maximum Gasteiger partial charge on any atom is 0.243 e. The minimum absolute atomic E-state index is 0.101. The molecule has 3 rings (SSSR count). The number of nitrogens with one attached hydrogen (secondary N) is 1. The summed E-state index contributed by atoms with van der Waals surface area (Å²) in [5.41, 5.74) is 1.77. The van der Waals surface area contributed by atoms with Gasteiger partial charge >= 0.3 is 0 Å². The Labute approximate surface area is 205 Å². The minimum Gasteiger partial charge on any atom is -0.352 e. The molecule has 0 spiro atoms. The van der Waals surface area contributed by atoms with Gasteiger partial charge in [-0.25, -0.2) is 4.39 Å². The van der Waals surface area contributed by atoms with Crippen molar-refractivity contribution in [3.63, 3.8) is 0 Å². The first-order valence-corrected chi connectivity index (χ1v) is 13.2. The molecule has 4 nitrogen and oxygen atoms in total. The van der Waals surface area contributed by atoms with Gasteiger partial charge in [-0.1, -0.05) is 68.1 Å². The van der Waals surface area contributed by atoms with Crippen molar-refractivity contribution in [1.29, 1.82) is 0 Å². The summed E-state index contributed by atoms with van der Waals surface area (Å²) in [6, 6.07) is 13.3. The number of hydrogen-bond donors (Lipinski definition) is 1. The zero-order valence-electron chi connectivity index (χ0n) is 19.1. The number of benzene rings is 2. The topological polar surface area (TPSA) is 49.4 Å². The number of amides is 2. The van der Waals surface area contributed by atoms with Gasteiger partial charge in [0.25, 0.3) is 0 Å². The van der Waals surface area contributed by atoms with Gasteiger partial charge in [-0.3, -0.25) is 9.59 Å². The van der Waals surface area contributed by atoms with E-state index in [1.54, 1.807) is 17.0 Å². The molecule has 1 atom stereocenters. The molecule has 33 heavy (non-hydrogen) atoms. The molecule has 2 aromatic carbocycles. The van der Waals surface area contributed by atoms with E-state index in [9.17, 15) is 14.0 Å². The predicted octanol–water partition coefficient (Wildman–Crippen LogP) is 5.97. The maximum atomic E-state index is 13.4. The van der Waals surface area contributed by atoms with Crippen LogP contribution in [0.1, 0.15) is 56.6 Å². The molecule has 7 heteroatoms. The van der Waals surface area contributed by atoms with Gasteiger partial charge in [-0.2, -0.15) is 0 Å². The van der Waals surface area contributed by atoms with Crippen molar-refractivity contribution in [3.05, 3.63) is 70.5 Å². The number of rotatable bonds is 10. The van der Waals surface area contributed by atoms with Crippen LogP contribution in [0, 0.1) is 5.82 Å². The molecule has 1 aliphatic carbocycles. The Morgan fingerprint density at radius 3 is 2.48 bits per heavy atom. The molecular formula is C26H32ClFN2O2S.